The summed E-state index contributed by atoms with van der Waals surface area (Å²) in [5, 5.41) is 17.7. The molecular formula is C13H18FNO5S. The molecule has 0 amide bonds. The summed E-state index contributed by atoms with van der Waals surface area (Å²) in [5.41, 5.74) is -0.544. The molecule has 8 heteroatoms. The van der Waals surface area contributed by atoms with Crippen molar-refractivity contribution < 1.29 is 27.8 Å². The van der Waals surface area contributed by atoms with Crippen LogP contribution < -0.4 is 0 Å². The average molecular weight is 319 g/mol. The van der Waals surface area contributed by atoms with E-state index < -0.39 is 27.4 Å². The molecule has 0 saturated heterocycles. The highest BCUT2D eigenvalue weighted by atomic mass is 32.2. The molecule has 6 nitrogen and oxygen atoms in total. The Hall–Kier alpha value is -1.51. The molecule has 0 heterocycles. The van der Waals surface area contributed by atoms with Gasteiger partial charge in [-0.2, -0.15) is 4.31 Å². The van der Waals surface area contributed by atoms with Gasteiger partial charge in [0.1, 0.15) is 5.82 Å². The van der Waals surface area contributed by atoms with Gasteiger partial charge in [0.05, 0.1) is 10.5 Å². The van der Waals surface area contributed by atoms with E-state index in [2.05, 4.69) is 0 Å². The van der Waals surface area contributed by atoms with Gasteiger partial charge in [-0.1, -0.05) is 6.92 Å². The molecular weight excluding hydrogens is 301 g/mol. The monoisotopic (exact) mass is 319 g/mol. The number of aliphatic hydroxyl groups is 1. The van der Waals surface area contributed by atoms with Crippen molar-refractivity contribution in [2.45, 2.75) is 25.2 Å². The molecule has 1 aromatic rings. The molecule has 0 radical (unpaired) electrons. The first kappa shape index (κ1) is 17.5. The summed E-state index contributed by atoms with van der Waals surface area (Å²) in [7, 11) is -4.01. The number of hydrogen-bond acceptors (Lipinski definition) is 4. The molecule has 21 heavy (non-hydrogen) atoms. The van der Waals surface area contributed by atoms with E-state index in [1.807, 2.05) is 0 Å². The van der Waals surface area contributed by atoms with E-state index >= 15 is 0 Å². The number of hydrogen-bond donors (Lipinski definition) is 2. The Morgan fingerprint density at radius 1 is 1.38 bits per heavy atom. The van der Waals surface area contributed by atoms with Crippen LogP contribution in [-0.4, -0.2) is 48.6 Å². The Morgan fingerprint density at radius 2 is 2.00 bits per heavy atom. The first-order valence-electron chi connectivity index (χ1n) is 6.40. The minimum absolute atomic E-state index is 0.0771. The molecule has 0 aliphatic carbocycles. The maximum atomic E-state index is 13.8. The van der Waals surface area contributed by atoms with Gasteiger partial charge < -0.3 is 10.2 Å². The quantitative estimate of drug-likeness (QED) is 0.788. The molecule has 2 N–H and O–H groups in total. The van der Waals surface area contributed by atoms with E-state index in [0.717, 1.165) is 16.4 Å². The zero-order valence-corrected chi connectivity index (χ0v) is 12.7. The zero-order chi connectivity index (χ0) is 16.2. The third kappa shape index (κ3) is 3.78. The highest BCUT2D eigenvalue weighted by molar-refractivity contribution is 7.89. The van der Waals surface area contributed by atoms with Gasteiger partial charge in [0.2, 0.25) is 10.0 Å². The third-order valence-corrected chi connectivity index (χ3v) is 5.18. The maximum Gasteiger partial charge on any atom is 0.335 e. The van der Waals surface area contributed by atoms with Gasteiger partial charge in [-0.05, 0) is 25.5 Å². The summed E-state index contributed by atoms with van der Waals surface area (Å²) in [6, 6.07) is 1.75. The maximum absolute atomic E-state index is 13.8. The van der Waals surface area contributed by atoms with E-state index in [1.54, 1.807) is 6.92 Å². The highest BCUT2D eigenvalue weighted by Crippen LogP contribution is 2.24. The molecule has 0 aliphatic rings. The Bertz CT molecular complexity index is 630. The van der Waals surface area contributed by atoms with Gasteiger partial charge in [-0.3, -0.25) is 0 Å². The minimum Gasteiger partial charge on any atom is -0.478 e. The highest BCUT2D eigenvalue weighted by Gasteiger charge is 2.27. The van der Waals surface area contributed by atoms with Gasteiger partial charge >= 0.3 is 5.97 Å². The van der Waals surface area contributed by atoms with Crippen molar-refractivity contribution in [2.24, 2.45) is 0 Å². The van der Waals surface area contributed by atoms with Crippen LogP contribution in [0.25, 0.3) is 0 Å². The van der Waals surface area contributed by atoms with Gasteiger partial charge in [-0.15, -0.1) is 0 Å². The summed E-state index contributed by atoms with van der Waals surface area (Å²) in [6.45, 7) is 2.94. The fourth-order valence-corrected chi connectivity index (χ4v) is 3.63. The number of sulfonamides is 1. The van der Waals surface area contributed by atoms with Crippen LogP contribution in [0.1, 0.15) is 29.3 Å². The number of carboxylic acid groups (broad SMARTS) is 1. The summed E-state index contributed by atoms with van der Waals surface area (Å²) in [5.74, 6) is -2.28. The lowest BCUT2D eigenvalue weighted by Crippen LogP contribution is -2.33. The Balaban J connectivity index is 3.39. The largest absolute Gasteiger partial charge is 0.478 e. The standard InChI is InChI=1S/C13H18FNO5S/c1-3-15(5-4-6-16)21(19,20)12-8-10(13(17)18)7-11(14)9(12)2/h7-8,16H,3-6H2,1-2H3,(H,17,18). The van der Waals surface area contributed by atoms with Crippen molar-refractivity contribution >= 4 is 16.0 Å². The number of carboxylic acids is 1. The number of aromatic carboxylic acids is 1. The number of benzene rings is 1. The Kier molecular flexibility index (Phi) is 5.82. The summed E-state index contributed by atoms with van der Waals surface area (Å²) < 4.78 is 39.8. The van der Waals surface area contributed by atoms with Crippen LogP contribution in [0.2, 0.25) is 0 Å². The van der Waals surface area contributed by atoms with Crippen LogP contribution in [0.15, 0.2) is 17.0 Å². The predicted molar refractivity (Wildman–Crippen MR) is 74.2 cm³/mol. The lowest BCUT2D eigenvalue weighted by molar-refractivity contribution is 0.0696. The Labute approximate surface area is 122 Å². The van der Waals surface area contributed by atoms with Crippen molar-refractivity contribution in [2.75, 3.05) is 19.7 Å². The molecule has 0 spiro atoms. The summed E-state index contributed by atoms with van der Waals surface area (Å²) in [6.07, 6.45) is 0.243. The summed E-state index contributed by atoms with van der Waals surface area (Å²) >= 11 is 0. The SMILES string of the molecule is CCN(CCCO)S(=O)(=O)c1cc(C(=O)O)cc(F)c1C. The number of rotatable bonds is 7. The van der Waals surface area contributed by atoms with Crippen LogP contribution in [-0.2, 0) is 10.0 Å². The van der Waals surface area contributed by atoms with Crippen LogP contribution in [0.3, 0.4) is 0 Å². The van der Waals surface area contributed by atoms with Gasteiger partial charge in [0.25, 0.3) is 0 Å². The third-order valence-electron chi connectivity index (χ3n) is 3.08. The van der Waals surface area contributed by atoms with E-state index in [-0.39, 0.29) is 36.6 Å². The molecule has 1 rings (SSSR count). The van der Waals surface area contributed by atoms with Crippen molar-refractivity contribution in [1.29, 1.82) is 0 Å². The van der Waals surface area contributed by atoms with E-state index in [1.165, 1.54) is 6.92 Å². The molecule has 0 bridgehead atoms. The smallest absolute Gasteiger partial charge is 0.335 e. The predicted octanol–water partition coefficient (Wildman–Crippen LogP) is 1.23. The first-order chi connectivity index (χ1) is 9.75. The van der Waals surface area contributed by atoms with E-state index in [0.29, 0.717) is 0 Å². The molecule has 0 saturated carbocycles. The van der Waals surface area contributed by atoms with Crippen molar-refractivity contribution in [3.05, 3.63) is 29.1 Å². The van der Waals surface area contributed by atoms with Crippen LogP contribution in [0.4, 0.5) is 4.39 Å². The van der Waals surface area contributed by atoms with Crippen LogP contribution >= 0.6 is 0 Å². The lowest BCUT2D eigenvalue weighted by Gasteiger charge is -2.21. The second kappa shape index (κ2) is 6.97. The van der Waals surface area contributed by atoms with E-state index in [4.69, 9.17) is 10.2 Å². The lowest BCUT2D eigenvalue weighted by atomic mass is 10.1. The number of nitrogens with zero attached hydrogens (tertiary/aromatic N) is 1. The Morgan fingerprint density at radius 3 is 2.48 bits per heavy atom. The number of carbonyl (C=O) groups is 1. The zero-order valence-electron chi connectivity index (χ0n) is 11.8. The van der Waals surface area contributed by atoms with Crippen molar-refractivity contribution in [3.8, 4) is 0 Å². The normalized spacial score (nSPS) is 11.9. The molecule has 0 aromatic heterocycles. The summed E-state index contributed by atoms with van der Waals surface area (Å²) in [4.78, 5) is 10.6. The fourth-order valence-electron chi connectivity index (χ4n) is 1.88. The van der Waals surface area contributed by atoms with Crippen molar-refractivity contribution in [3.63, 3.8) is 0 Å². The molecule has 1 aromatic carbocycles. The average Bonchev–Trinajstić information content (AvgIpc) is 2.41. The second-order valence-electron chi connectivity index (χ2n) is 4.46. The number of aliphatic hydroxyl groups excluding tert-OH is 1. The number of halogens is 1. The van der Waals surface area contributed by atoms with Crippen LogP contribution in [0, 0.1) is 12.7 Å². The first-order valence-corrected chi connectivity index (χ1v) is 7.84. The fraction of sp³-hybridized carbons (Fsp3) is 0.462. The molecule has 0 fully saturated rings. The molecule has 0 atom stereocenters. The van der Waals surface area contributed by atoms with E-state index in [9.17, 15) is 17.6 Å². The van der Waals surface area contributed by atoms with Crippen LogP contribution in [0.5, 0.6) is 0 Å². The molecule has 0 unspecified atom stereocenters. The van der Waals surface area contributed by atoms with Gasteiger partial charge in [-0.25, -0.2) is 17.6 Å². The molecule has 0 aliphatic heterocycles. The van der Waals surface area contributed by atoms with Gasteiger partial charge in [0.15, 0.2) is 0 Å². The van der Waals surface area contributed by atoms with Crippen molar-refractivity contribution in [1.82, 2.24) is 4.31 Å². The topological polar surface area (TPSA) is 94.9 Å². The molecule has 118 valence electrons. The minimum atomic E-state index is -4.01. The second-order valence-corrected chi connectivity index (χ2v) is 6.37. The van der Waals surface area contributed by atoms with Gasteiger partial charge in [0, 0.05) is 25.3 Å².